The van der Waals surface area contributed by atoms with Crippen molar-refractivity contribution in [3.63, 3.8) is 0 Å². The number of hydrogen-bond acceptors (Lipinski definition) is 1. The van der Waals surface area contributed by atoms with Crippen LogP contribution in [0, 0.1) is 6.92 Å². The van der Waals surface area contributed by atoms with E-state index in [1.54, 1.807) is 0 Å². The van der Waals surface area contributed by atoms with Gasteiger partial charge in [0.05, 0.1) is 0 Å². The Morgan fingerprint density at radius 3 is 1.85 bits per heavy atom. The van der Waals surface area contributed by atoms with Crippen molar-refractivity contribution in [2.75, 3.05) is 0 Å². The SMILES string of the molecule is C=C(C)C.Cc1ccc(-c2cc(-c3cc4ccccc4s3)c3ccc4cc(C(C)(C)C)cc5ccc2c3c54)cc1. The minimum absolute atomic E-state index is 0.111. The summed E-state index contributed by atoms with van der Waals surface area (Å²) in [5.74, 6) is 0. The van der Waals surface area contributed by atoms with Gasteiger partial charge in [-0.2, -0.15) is 0 Å². The number of rotatable bonds is 2. The lowest BCUT2D eigenvalue weighted by atomic mass is 9.82. The topological polar surface area (TPSA) is 0 Å². The highest BCUT2D eigenvalue weighted by atomic mass is 32.1. The first kappa shape index (κ1) is 26.3. The Bertz CT molecular complexity index is 1950. The van der Waals surface area contributed by atoms with Gasteiger partial charge < -0.3 is 0 Å². The van der Waals surface area contributed by atoms with Crippen molar-refractivity contribution < 1.29 is 0 Å². The number of thiophene rings is 1. The lowest BCUT2D eigenvalue weighted by molar-refractivity contribution is 0.591. The first-order valence-electron chi connectivity index (χ1n) is 14.0. The van der Waals surface area contributed by atoms with Crippen LogP contribution in [0.4, 0.5) is 0 Å². The number of hydrogen-bond donors (Lipinski definition) is 0. The molecule has 7 rings (SSSR count). The van der Waals surface area contributed by atoms with Gasteiger partial charge >= 0.3 is 0 Å². The average molecular weight is 537 g/mol. The molecule has 0 atom stereocenters. The molecule has 0 nitrogen and oxygen atoms in total. The summed E-state index contributed by atoms with van der Waals surface area (Å²) >= 11 is 1.89. The summed E-state index contributed by atoms with van der Waals surface area (Å²) in [6.07, 6.45) is 0. The van der Waals surface area contributed by atoms with Crippen LogP contribution in [0.2, 0.25) is 0 Å². The van der Waals surface area contributed by atoms with Gasteiger partial charge in [-0.3, -0.25) is 0 Å². The summed E-state index contributed by atoms with van der Waals surface area (Å²) in [6, 6.07) is 36.7. The minimum atomic E-state index is 0.111. The lowest BCUT2D eigenvalue weighted by Gasteiger charge is -2.22. The zero-order chi connectivity index (χ0) is 28.2. The van der Waals surface area contributed by atoms with Gasteiger partial charge in [-0.25, -0.2) is 0 Å². The third kappa shape index (κ3) is 4.69. The Hall–Kier alpha value is -3.94. The molecular formula is C39H36S. The van der Waals surface area contributed by atoms with E-state index >= 15 is 0 Å². The Kier molecular flexibility index (Phi) is 6.51. The van der Waals surface area contributed by atoms with E-state index in [1.165, 1.54) is 80.7 Å². The molecule has 0 aliphatic carbocycles. The van der Waals surface area contributed by atoms with Gasteiger partial charge in [0, 0.05) is 15.1 Å². The van der Waals surface area contributed by atoms with Gasteiger partial charge in [0.25, 0.3) is 0 Å². The molecule has 0 radical (unpaired) electrons. The molecule has 0 saturated heterocycles. The summed E-state index contributed by atoms with van der Waals surface area (Å²) in [6.45, 7) is 16.6. The first-order chi connectivity index (χ1) is 19.1. The standard InChI is InChI=1S/C35H28S.C4H8/c1-21-9-11-22(12-10-21)29-20-30(32-19-23-7-5-6-8-31(23)36-32)28-16-14-25-18-26(35(2,3)4)17-24-13-15-27(29)34(28)33(24)25;1-4(2)3/h5-20H,1-4H3;1H2,2-3H3. The maximum atomic E-state index is 3.56. The third-order valence-corrected chi connectivity index (χ3v) is 8.79. The van der Waals surface area contributed by atoms with Crippen molar-refractivity contribution in [1.29, 1.82) is 0 Å². The molecule has 0 N–H and O–H groups in total. The molecule has 0 bridgehead atoms. The molecular weight excluding hydrogens is 500 g/mol. The van der Waals surface area contributed by atoms with Crippen molar-refractivity contribution in [3.8, 4) is 21.6 Å². The van der Waals surface area contributed by atoms with Crippen LogP contribution in [-0.2, 0) is 5.41 Å². The van der Waals surface area contributed by atoms with Gasteiger partial charge in [0.2, 0.25) is 0 Å². The highest BCUT2D eigenvalue weighted by Gasteiger charge is 2.20. The highest BCUT2D eigenvalue weighted by molar-refractivity contribution is 7.22. The fourth-order valence-electron chi connectivity index (χ4n) is 5.64. The maximum absolute atomic E-state index is 3.56. The maximum Gasteiger partial charge on any atom is 0.0361 e. The van der Waals surface area contributed by atoms with E-state index in [2.05, 4.69) is 131 Å². The second-order valence-corrected chi connectivity index (χ2v) is 13.4. The van der Waals surface area contributed by atoms with Crippen LogP contribution in [0.5, 0.6) is 0 Å². The van der Waals surface area contributed by atoms with Crippen molar-refractivity contribution in [3.05, 3.63) is 120 Å². The van der Waals surface area contributed by atoms with E-state index in [4.69, 9.17) is 0 Å². The van der Waals surface area contributed by atoms with Crippen LogP contribution in [0.3, 0.4) is 0 Å². The Labute approximate surface area is 241 Å². The summed E-state index contributed by atoms with van der Waals surface area (Å²) in [7, 11) is 0. The third-order valence-electron chi connectivity index (χ3n) is 7.64. The molecule has 0 unspecified atom stereocenters. The fraction of sp³-hybridized carbons (Fsp3) is 0.179. The van der Waals surface area contributed by atoms with Crippen LogP contribution < -0.4 is 0 Å². The lowest BCUT2D eigenvalue weighted by Crippen LogP contribution is -2.10. The van der Waals surface area contributed by atoms with Crippen LogP contribution in [-0.4, -0.2) is 0 Å². The molecule has 0 saturated carbocycles. The molecule has 1 aromatic heterocycles. The molecule has 0 aliphatic heterocycles. The summed E-state index contributed by atoms with van der Waals surface area (Å²) in [5, 5.41) is 9.42. The second-order valence-electron chi connectivity index (χ2n) is 12.3. The van der Waals surface area contributed by atoms with Gasteiger partial charge in [-0.1, -0.05) is 111 Å². The second kappa shape index (κ2) is 9.91. The zero-order valence-electron chi connectivity index (χ0n) is 24.4. The highest BCUT2D eigenvalue weighted by Crippen LogP contribution is 2.46. The summed E-state index contributed by atoms with van der Waals surface area (Å²) < 4.78 is 1.34. The van der Waals surface area contributed by atoms with Gasteiger partial charge in [0.1, 0.15) is 0 Å². The molecule has 1 heteroatoms. The van der Waals surface area contributed by atoms with Crippen LogP contribution in [0.25, 0.3) is 64.0 Å². The average Bonchev–Trinajstić information content (AvgIpc) is 3.35. The molecule has 198 valence electrons. The quantitative estimate of drug-likeness (QED) is 0.152. The van der Waals surface area contributed by atoms with Crippen molar-refractivity contribution in [2.45, 2.75) is 47.0 Å². The van der Waals surface area contributed by atoms with Crippen molar-refractivity contribution >= 4 is 53.7 Å². The zero-order valence-corrected chi connectivity index (χ0v) is 25.2. The van der Waals surface area contributed by atoms with Gasteiger partial charge in [-0.15, -0.1) is 17.9 Å². The number of allylic oxidation sites excluding steroid dienone is 1. The molecule has 0 amide bonds. The van der Waals surface area contributed by atoms with Crippen LogP contribution >= 0.6 is 11.3 Å². The summed E-state index contributed by atoms with van der Waals surface area (Å²) in [4.78, 5) is 1.33. The van der Waals surface area contributed by atoms with Crippen molar-refractivity contribution in [2.24, 2.45) is 0 Å². The van der Waals surface area contributed by atoms with Gasteiger partial charge in [0.15, 0.2) is 0 Å². The van der Waals surface area contributed by atoms with Crippen molar-refractivity contribution in [1.82, 2.24) is 0 Å². The predicted molar refractivity (Wildman–Crippen MR) is 180 cm³/mol. The molecule has 0 aliphatic rings. The predicted octanol–water partition coefficient (Wildman–Crippen LogP) is 12.3. The number of fused-ring (bicyclic) bond motifs is 1. The van der Waals surface area contributed by atoms with E-state index in [1.807, 2.05) is 25.2 Å². The number of aryl methyl sites for hydroxylation is 1. The molecule has 7 aromatic rings. The monoisotopic (exact) mass is 536 g/mol. The van der Waals surface area contributed by atoms with E-state index in [0.717, 1.165) is 0 Å². The largest absolute Gasteiger partial charge is 0.135 e. The summed E-state index contributed by atoms with van der Waals surface area (Å²) in [5.41, 5.74) is 7.86. The number of benzene rings is 6. The van der Waals surface area contributed by atoms with Crippen LogP contribution in [0.1, 0.15) is 45.7 Å². The molecule has 6 aromatic carbocycles. The normalized spacial score (nSPS) is 11.8. The molecule has 0 spiro atoms. The molecule has 0 fully saturated rings. The van der Waals surface area contributed by atoms with E-state index in [9.17, 15) is 0 Å². The Balaban J connectivity index is 0.000000680. The smallest absolute Gasteiger partial charge is 0.0361 e. The minimum Gasteiger partial charge on any atom is -0.135 e. The molecule has 40 heavy (non-hydrogen) atoms. The van der Waals surface area contributed by atoms with Gasteiger partial charge in [-0.05, 0) is 98.8 Å². The fourth-order valence-corrected chi connectivity index (χ4v) is 6.73. The first-order valence-corrected chi connectivity index (χ1v) is 14.9. The molecule has 1 heterocycles. The Morgan fingerprint density at radius 1 is 0.650 bits per heavy atom. The van der Waals surface area contributed by atoms with Crippen LogP contribution in [0.15, 0.2) is 109 Å². The Morgan fingerprint density at radius 2 is 1.25 bits per heavy atom. The van der Waals surface area contributed by atoms with E-state index in [0.29, 0.717) is 0 Å². The van der Waals surface area contributed by atoms with E-state index in [-0.39, 0.29) is 5.41 Å². The van der Waals surface area contributed by atoms with E-state index < -0.39 is 0 Å².